The highest BCUT2D eigenvalue weighted by atomic mass is 16.5. The van der Waals surface area contributed by atoms with Crippen LogP contribution in [0.5, 0.6) is 5.88 Å². The van der Waals surface area contributed by atoms with E-state index in [1.165, 1.54) is 17.5 Å². The lowest BCUT2D eigenvalue weighted by atomic mass is 10.4. The van der Waals surface area contributed by atoms with Crippen molar-refractivity contribution in [3.63, 3.8) is 0 Å². The van der Waals surface area contributed by atoms with Gasteiger partial charge in [-0.25, -0.2) is 4.98 Å². The molecule has 0 fully saturated rings. The minimum Gasteiger partial charge on any atom is -0.493 e. The molecule has 0 aliphatic rings. The van der Waals surface area contributed by atoms with Crippen LogP contribution in [0, 0.1) is 6.92 Å². The van der Waals surface area contributed by atoms with Crippen LogP contribution in [-0.4, -0.2) is 30.7 Å². The summed E-state index contributed by atoms with van der Waals surface area (Å²) < 4.78 is 5.98. The lowest BCUT2D eigenvalue weighted by Crippen LogP contribution is -2.03. The quantitative estimate of drug-likeness (QED) is 0.730. The molecule has 0 bridgehead atoms. The molecule has 7 heteroatoms. The number of aryl methyl sites for hydroxylation is 1. The number of hydrogen-bond acceptors (Lipinski definition) is 6. The van der Waals surface area contributed by atoms with Crippen LogP contribution in [0.2, 0.25) is 0 Å². The SMILES string of the molecule is CC(=O)OCc1cc(O)n2nc(C)nc2n1. The molecule has 0 saturated heterocycles. The predicted octanol–water partition coefficient (Wildman–Crippen LogP) is 0.201. The third-order valence-corrected chi connectivity index (χ3v) is 1.88. The van der Waals surface area contributed by atoms with Gasteiger partial charge in [0.1, 0.15) is 12.4 Å². The van der Waals surface area contributed by atoms with Crippen molar-refractivity contribution in [2.45, 2.75) is 20.5 Å². The normalized spacial score (nSPS) is 10.6. The summed E-state index contributed by atoms with van der Waals surface area (Å²) in [5, 5.41) is 13.5. The molecule has 0 radical (unpaired) electrons. The number of ether oxygens (including phenoxy) is 1. The average Bonchev–Trinajstić information content (AvgIpc) is 2.56. The van der Waals surface area contributed by atoms with Crippen molar-refractivity contribution in [2.75, 3.05) is 0 Å². The van der Waals surface area contributed by atoms with Crippen LogP contribution in [0.25, 0.3) is 5.78 Å². The fraction of sp³-hybridized carbons (Fsp3) is 0.333. The predicted molar refractivity (Wildman–Crippen MR) is 52.7 cm³/mol. The number of fused-ring (bicyclic) bond motifs is 1. The van der Waals surface area contributed by atoms with Crippen molar-refractivity contribution in [1.29, 1.82) is 0 Å². The van der Waals surface area contributed by atoms with Crippen molar-refractivity contribution in [3.8, 4) is 5.88 Å². The van der Waals surface area contributed by atoms with E-state index in [1.54, 1.807) is 6.92 Å². The van der Waals surface area contributed by atoms with Crippen LogP contribution in [-0.2, 0) is 16.1 Å². The van der Waals surface area contributed by atoms with Gasteiger partial charge in [0.05, 0.1) is 5.69 Å². The Labute approximate surface area is 90.7 Å². The van der Waals surface area contributed by atoms with Crippen LogP contribution in [0.4, 0.5) is 0 Å². The second kappa shape index (κ2) is 3.76. The maximum absolute atomic E-state index is 10.6. The summed E-state index contributed by atoms with van der Waals surface area (Å²) in [5.74, 6) is 0.290. The molecule has 2 heterocycles. The zero-order valence-electron chi connectivity index (χ0n) is 8.84. The van der Waals surface area contributed by atoms with Crippen molar-refractivity contribution in [1.82, 2.24) is 19.6 Å². The molecule has 0 saturated carbocycles. The van der Waals surface area contributed by atoms with Gasteiger partial charge in [0, 0.05) is 13.0 Å². The molecule has 16 heavy (non-hydrogen) atoms. The first-order valence-corrected chi connectivity index (χ1v) is 4.62. The van der Waals surface area contributed by atoms with E-state index in [1.807, 2.05) is 0 Å². The Morgan fingerprint density at radius 2 is 2.31 bits per heavy atom. The van der Waals surface area contributed by atoms with Gasteiger partial charge in [-0.05, 0) is 6.92 Å². The van der Waals surface area contributed by atoms with E-state index in [0.29, 0.717) is 11.5 Å². The molecular formula is C9H10N4O3. The minimum absolute atomic E-state index is 0.00526. The maximum atomic E-state index is 10.6. The fourth-order valence-electron chi connectivity index (χ4n) is 1.25. The van der Waals surface area contributed by atoms with Gasteiger partial charge in [0.2, 0.25) is 5.88 Å². The van der Waals surface area contributed by atoms with Gasteiger partial charge in [-0.1, -0.05) is 0 Å². The highest BCUT2D eigenvalue weighted by molar-refractivity contribution is 5.65. The third kappa shape index (κ3) is 1.92. The van der Waals surface area contributed by atoms with E-state index in [9.17, 15) is 9.90 Å². The van der Waals surface area contributed by atoms with Gasteiger partial charge in [0.25, 0.3) is 5.78 Å². The van der Waals surface area contributed by atoms with Crippen LogP contribution in [0.1, 0.15) is 18.4 Å². The van der Waals surface area contributed by atoms with E-state index < -0.39 is 5.97 Å². The number of nitrogens with zero attached hydrogens (tertiary/aromatic N) is 4. The van der Waals surface area contributed by atoms with Gasteiger partial charge in [-0.3, -0.25) is 4.79 Å². The van der Waals surface area contributed by atoms with E-state index in [2.05, 4.69) is 15.1 Å². The summed E-state index contributed by atoms with van der Waals surface area (Å²) in [6.07, 6.45) is 0. The van der Waals surface area contributed by atoms with E-state index in [-0.39, 0.29) is 18.3 Å². The summed E-state index contributed by atoms with van der Waals surface area (Å²) in [6.45, 7) is 3.00. The molecule has 2 rings (SSSR count). The maximum Gasteiger partial charge on any atom is 0.303 e. The summed E-state index contributed by atoms with van der Waals surface area (Å²) in [5.41, 5.74) is 0.424. The van der Waals surface area contributed by atoms with Crippen LogP contribution in [0.15, 0.2) is 6.07 Å². The van der Waals surface area contributed by atoms with Crippen molar-refractivity contribution >= 4 is 11.7 Å². The molecule has 7 nitrogen and oxygen atoms in total. The number of hydrogen-bond donors (Lipinski definition) is 1. The van der Waals surface area contributed by atoms with E-state index in [4.69, 9.17) is 4.74 Å². The summed E-state index contributed by atoms with van der Waals surface area (Å²) >= 11 is 0. The Bertz CT molecular complexity index is 549. The number of esters is 1. The van der Waals surface area contributed by atoms with Crippen molar-refractivity contribution < 1.29 is 14.6 Å². The third-order valence-electron chi connectivity index (χ3n) is 1.88. The molecule has 0 unspecified atom stereocenters. The number of carbonyl (C=O) groups is 1. The smallest absolute Gasteiger partial charge is 0.303 e. The first-order valence-electron chi connectivity index (χ1n) is 4.62. The van der Waals surface area contributed by atoms with Crippen molar-refractivity contribution in [2.24, 2.45) is 0 Å². The minimum atomic E-state index is -0.404. The highest BCUT2D eigenvalue weighted by Gasteiger charge is 2.08. The lowest BCUT2D eigenvalue weighted by Gasteiger charge is -2.02. The topological polar surface area (TPSA) is 89.6 Å². The van der Waals surface area contributed by atoms with Crippen molar-refractivity contribution in [3.05, 3.63) is 17.6 Å². The zero-order valence-corrected chi connectivity index (χ0v) is 8.84. The molecule has 1 N–H and O–H groups in total. The van der Waals surface area contributed by atoms with E-state index >= 15 is 0 Å². The molecule has 2 aromatic heterocycles. The molecule has 0 aliphatic heterocycles. The highest BCUT2D eigenvalue weighted by Crippen LogP contribution is 2.12. The monoisotopic (exact) mass is 222 g/mol. The lowest BCUT2D eigenvalue weighted by molar-refractivity contribution is -0.142. The van der Waals surface area contributed by atoms with Crippen LogP contribution in [0.3, 0.4) is 0 Å². The Morgan fingerprint density at radius 1 is 1.56 bits per heavy atom. The summed E-state index contributed by atoms with van der Waals surface area (Å²) in [6, 6.07) is 1.38. The largest absolute Gasteiger partial charge is 0.493 e. The molecule has 0 amide bonds. The zero-order chi connectivity index (χ0) is 11.7. The number of aromatic hydroxyl groups is 1. The number of carbonyl (C=O) groups excluding carboxylic acids is 1. The second-order valence-corrected chi connectivity index (χ2v) is 3.26. The van der Waals surface area contributed by atoms with Crippen LogP contribution < -0.4 is 0 Å². The summed E-state index contributed by atoms with van der Waals surface area (Å²) in [7, 11) is 0. The Morgan fingerprint density at radius 3 is 3.00 bits per heavy atom. The second-order valence-electron chi connectivity index (χ2n) is 3.26. The molecule has 84 valence electrons. The molecule has 0 aliphatic carbocycles. The van der Waals surface area contributed by atoms with Crippen LogP contribution >= 0.6 is 0 Å². The van der Waals surface area contributed by atoms with Gasteiger partial charge >= 0.3 is 5.97 Å². The summed E-state index contributed by atoms with van der Waals surface area (Å²) in [4.78, 5) is 18.7. The molecule has 0 atom stereocenters. The number of rotatable bonds is 2. The Hall–Kier alpha value is -2.18. The van der Waals surface area contributed by atoms with E-state index in [0.717, 1.165) is 0 Å². The van der Waals surface area contributed by atoms with Gasteiger partial charge in [0.15, 0.2) is 0 Å². The first-order chi connectivity index (χ1) is 7.56. The molecule has 0 spiro atoms. The average molecular weight is 222 g/mol. The molecule has 2 aromatic rings. The van der Waals surface area contributed by atoms with Gasteiger partial charge < -0.3 is 9.84 Å². The fourth-order valence-corrected chi connectivity index (χ4v) is 1.25. The Balaban J connectivity index is 2.37. The molecule has 0 aromatic carbocycles. The standard InChI is InChI=1S/C9H10N4O3/c1-5-10-9-11-7(4-16-6(2)14)3-8(15)13(9)12-5/h3,15H,4H2,1-2H3. The Kier molecular flexibility index (Phi) is 2.43. The first kappa shape index (κ1) is 10.3. The van der Waals surface area contributed by atoms with Gasteiger partial charge in [-0.2, -0.15) is 9.50 Å². The van der Waals surface area contributed by atoms with Gasteiger partial charge in [-0.15, -0.1) is 5.10 Å². The molecular weight excluding hydrogens is 212 g/mol. The number of aromatic nitrogens is 4.